The molecule has 0 radical (unpaired) electrons. The summed E-state index contributed by atoms with van der Waals surface area (Å²) in [5.41, 5.74) is 0. The van der Waals surface area contributed by atoms with Gasteiger partial charge in [-0.25, -0.2) is 0 Å². The highest BCUT2D eigenvalue weighted by atomic mass is 16.1. The predicted octanol–water partition coefficient (Wildman–Crippen LogP) is 3.01. The summed E-state index contributed by atoms with van der Waals surface area (Å²) in [5.74, 6) is 0.892. The van der Waals surface area contributed by atoms with Crippen LogP contribution in [0, 0.1) is 5.92 Å². The van der Waals surface area contributed by atoms with Crippen molar-refractivity contribution in [3.8, 4) is 0 Å². The van der Waals surface area contributed by atoms with Crippen molar-refractivity contribution >= 4 is 5.78 Å². The van der Waals surface area contributed by atoms with Gasteiger partial charge in [0, 0.05) is 18.4 Å². The molecule has 1 aliphatic heterocycles. The number of carbonyl (C=O) groups excluding carboxylic acids is 1. The first-order valence-corrected chi connectivity index (χ1v) is 7.08. The number of hydrogen-bond donors (Lipinski definition) is 0. The van der Waals surface area contributed by atoms with Gasteiger partial charge in [-0.05, 0) is 51.6 Å². The highest BCUT2D eigenvalue weighted by Crippen LogP contribution is 2.30. The average molecular weight is 223 g/mol. The second-order valence-electron chi connectivity index (χ2n) is 5.42. The molecule has 2 rings (SSSR count). The summed E-state index contributed by atoms with van der Waals surface area (Å²) in [4.78, 5) is 14.3. The van der Waals surface area contributed by atoms with Gasteiger partial charge in [-0.15, -0.1) is 0 Å². The van der Waals surface area contributed by atoms with Crippen LogP contribution in [0.15, 0.2) is 0 Å². The van der Waals surface area contributed by atoms with Crippen molar-refractivity contribution in [2.24, 2.45) is 5.92 Å². The van der Waals surface area contributed by atoms with Gasteiger partial charge in [0.1, 0.15) is 5.78 Å². The van der Waals surface area contributed by atoms with Crippen LogP contribution in [0.4, 0.5) is 0 Å². The van der Waals surface area contributed by atoms with E-state index in [1.807, 2.05) is 6.92 Å². The number of ketones is 1. The molecule has 0 spiro atoms. The van der Waals surface area contributed by atoms with E-state index in [1.54, 1.807) is 0 Å². The molecule has 2 aliphatic rings. The topological polar surface area (TPSA) is 20.3 Å². The fourth-order valence-electron chi connectivity index (χ4n) is 3.34. The summed E-state index contributed by atoms with van der Waals surface area (Å²) in [7, 11) is 0. The molecule has 0 N–H and O–H groups in total. The Kier molecular flexibility index (Phi) is 4.39. The molecular weight excluding hydrogens is 198 g/mol. The van der Waals surface area contributed by atoms with Crippen molar-refractivity contribution in [2.75, 3.05) is 13.1 Å². The molecule has 0 aromatic rings. The second-order valence-corrected chi connectivity index (χ2v) is 5.42. The number of Topliss-reactive ketones (excluding diaryl/α,β-unsaturated/α-hetero) is 1. The third kappa shape index (κ3) is 2.85. The standard InChI is InChI=1S/C14H25NO/c1-2-14(16)12-6-8-13(9-7-12)15-10-4-3-5-11-15/h12-13H,2-11H2,1H3. The maximum Gasteiger partial charge on any atom is 0.135 e. The SMILES string of the molecule is CCC(=O)C1CCC(N2CCCCC2)CC1. The molecule has 1 aliphatic carbocycles. The van der Waals surface area contributed by atoms with Crippen LogP contribution in [0.2, 0.25) is 0 Å². The number of likely N-dealkylation sites (tertiary alicyclic amines) is 1. The van der Waals surface area contributed by atoms with E-state index in [0.29, 0.717) is 11.7 Å². The summed E-state index contributed by atoms with van der Waals surface area (Å²) in [5, 5.41) is 0. The molecule has 0 aromatic heterocycles. The third-order valence-electron chi connectivity index (χ3n) is 4.41. The Balaban J connectivity index is 1.78. The number of nitrogens with zero attached hydrogens (tertiary/aromatic N) is 1. The summed E-state index contributed by atoms with van der Waals surface area (Å²) < 4.78 is 0. The van der Waals surface area contributed by atoms with Gasteiger partial charge in [-0.2, -0.15) is 0 Å². The molecule has 1 heterocycles. The van der Waals surface area contributed by atoms with E-state index in [2.05, 4.69) is 4.90 Å². The van der Waals surface area contributed by atoms with E-state index in [9.17, 15) is 4.79 Å². The molecule has 16 heavy (non-hydrogen) atoms. The van der Waals surface area contributed by atoms with Crippen LogP contribution in [-0.2, 0) is 4.79 Å². The molecule has 2 heteroatoms. The van der Waals surface area contributed by atoms with Crippen LogP contribution in [-0.4, -0.2) is 29.8 Å². The molecule has 0 unspecified atom stereocenters. The minimum atomic E-state index is 0.394. The highest BCUT2D eigenvalue weighted by molar-refractivity contribution is 5.80. The minimum absolute atomic E-state index is 0.394. The average Bonchev–Trinajstić information content (AvgIpc) is 2.39. The Morgan fingerprint density at radius 1 is 1.06 bits per heavy atom. The van der Waals surface area contributed by atoms with Gasteiger partial charge in [0.05, 0.1) is 0 Å². The summed E-state index contributed by atoms with van der Waals surface area (Å²) >= 11 is 0. The van der Waals surface area contributed by atoms with Gasteiger partial charge < -0.3 is 4.90 Å². The maximum absolute atomic E-state index is 11.6. The first-order valence-electron chi connectivity index (χ1n) is 7.08. The Labute approximate surface area is 99.4 Å². The van der Waals surface area contributed by atoms with Crippen LogP contribution >= 0.6 is 0 Å². The Hall–Kier alpha value is -0.370. The summed E-state index contributed by atoms with van der Waals surface area (Å²) in [6.07, 6.45) is 9.73. The van der Waals surface area contributed by atoms with E-state index in [0.717, 1.165) is 25.3 Å². The first kappa shape index (κ1) is 12.1. The molecule has 1 saturated carbocycles. The van der Waals surface area contributed by atoms with Gasteiger partial charge in [-0.1, -0.05) is 13.3 Å². The van der Waals surface area contributed by atoms with E-state index in [4.69, 9.17) is 0 Å². The largest absolute Gasteiger partial charge is 0.300 e. The Morgan fingerprint density at radius 3 is 2.25 bits per heavy atom. The quantitative estimate of drug-likeness (QED) is 0.733. The van der Waals surface area contributed by atoms with Crippen molar-refractivity contribution in [1.82, 2.24) is 4.90 Å². The molecule has 92 valence electrons. The van der Waals surface area contributed by atoms with Gasteiger partial charge in [-0.3, -0.25) is 4.79 Å². The highest BCUT2D eigenvalue weighted by Gasteiger charge is 2.28. The second kappa shape index (κ2) is 5.81. The van der Waals surface area contributed by atoms with Gasteiger partial charge in [0.2, 0.25) is 0 Å². The van der Waals surface area contributed by atoms with Crippen molar-refractivity contribution in [2.45, 2.75) is 64.3 Å². The fourth-order valence-corrected chi connectivity index (χ4v) is 3.34. The number of rotatable bonds is 3. The van der Waals surface area contributed by atoms with Crippen molar-refractivity contribution in [3.63, 3.8) is 0 Å². The van der Waals surface area contributed by atoms with Crippen LogP contribution in [0.1, 0.15) is 58.3 Å². The first-order chi connectivity index (χ1) is 7.81. The van der Waals surface area contributed by atoms with Crippen LogP contribution in [0.5, 0.6) is 0 Å². The maximum atomic E-state index is 11.6. The van der Waals surface area contributed by atoms with Crippen molar-refractivity contribution in [3.05, 3.63) is 0 Å². The normalized spacial score (nSPS) is 32.6. The summed E-state index contributed by atoms with van der Waals surface area (Å²) in [6, 6.07) is 0.793. The lowest BCUT2D eigenvalue weighted by atomic mass is 9.82. The molecule has 0 atom stereocenters. The molecular formula is C14H25NO. The molecule has 2 fully saturated rings. The number of carbonyl (C=O) groups is 1. The Bertz CT molecular complexity index is 225. The molecule has 2 nitrogen and oxygen atoms in total. The van der Waals surface area contributed by atoms with Crippen LogP contribution < -0.4 is 0 Å². The fraction of sp³-hybridized carbons (Fsp3) is 0.929. The van der Waals surface area contributed by atoms with Crippen LogP contribution in [0.25, 0.3) is 0 Å². The van der Waals surface area contributed by atoms with E-state index in [-0.39, 0.29) is 0 Å². The summed E-state index contributed by atoms with van der Waals surface area (Å²) in [6.45, 7) is 4.60. The molecule has 0 bridgehead atoms. The van der Waals surface area contributed by atoms with Crippen LogP contribution in [0.3, 0.4) is 0 Å². The zero-order valence-electron chi connectivity index (χ0n) is 10.6. The molecule has 0 amide bonds. The van der Waals surface area contributed by atoms with E-state index in [1.165, 1.54) is 45.2 Å². The number of hydrogen-bond acceptors (Lipinski definition) is 2. The lowest BCUT2D eigenvalue weighted by Crippen LogP contribution is -2.41. The predicted molar refractivity (Wildman–Crippen MR) is 66.5 cm³/mol. The smallest absolute Gasteiger partial charge is 0.135 e. The Morgan fingerprint density at radius 2 is 1.69 bits per heavy atom. The zero-order valence-corrected chi connectivity index (χ0v) is 10.6. The lowest BCUT2D eigenvalue weighted by molar-refractivity contribution is -0.123. The zero-order chi connectivity index (χ0) is 11.4. The van der Waals surface area contributed by atoms with Crippen molar-refractivity contribution < 1.29 is 4.79 Å². The van der Waals surface area contributed by atoms with Gasteiger partial charge in [0.15, 0.2) is 0 Å². The third-order valence-corrected chi connectivity index (χ3v) is 4.41. The minimum Gasteiger partial charge on any atom is -0.300 e. The van der Waals surface area contributed by atoms with Gasteiger partial charge >= 0.3 is 0 Å². The van der Waals surface area contributed by atoms with Gasteiger partial charge in [0.25, 0.3) is 0 Å². The lowest BCUT2D eigenvalue weighted by Gasteiger charge is -2.38. The molecule has 1 saturated heterocycles. The van der Waals surface area contributed by atoms with E-state index < -0.39 is 0 Å². The number of piperidine rings is 1. The molecule has 0 aromatic carbocycles. The van der Waals surface area contributed by atoms with Crippen molar-refractivity contribution in [1.29, 1.82) is 0 Å². The monoisotopic (exact) mass is 223 g/mol. The van der Waals surface area contributed by atoms with E-state index >= 15 is 0 Å².